The van der Waals surface area contributed by atoms with E-state index >= 15 is 0 Å². The van der Waals surface area contributed by atoms with Crippen molar-refractivity contribution in [1.82, 2.24) is 5.32 Å². The van der Waals surface area contributed by atoms with E-state index in [1.54, 1.807) is 6.92 Å². The van der Waals surface area contributed by atoms with E-state index < -0.39 is 9.84 Å². The molecule has 0 bridgehead atoms. The van der Waals surface area contributed by atoms with Crippen LogP contribution in [0.4, 0.5) is 0 Å². The molecule has 4 nitrogen and oxygen atoms in total. The molecule has 0 aromatic heterocycles. The largest absolute Gasteiger partial charge is 0.492 e. The number of hydrogen-bond donors (Lipinski definition) is 1. The fourth-order valence-corrected chi connectivity index (χ4v) is 2.66. The maximum atomic E-state index is 11.4. The van der Waals surface area contributed by atoms with E-state index in [9.17, 15) is 8.42 Å². The predicted octanol–water partition coefficient (Wildman–Crippen LogP) is 2.41. The van der Waals surface area contributed by atoms with Gasteiger partial charge in [0.05, 0.1) is 5.75 Å². The normalized spacial score (nSPS) is 15.3. The smallest absolute Gasteiger partial charge is 0.153 e. The summed E-state index contributed by atoms with van der Waals surface area (Å²) in [5.41, 5.74) is 0.898. The topological polar surface area (TPSA) is 55.4 Å². The van der Waals surface area contributed by atoms with Gasteiger partial charge in [-0.05, 0) is 25.0 Å². The third-order valence-corrected chi connectivity index (χ3v) is 5.33. The molecule has 0 aliphatic heterocycles. The molecular formula is C14H20ClNO3S. The van der Waals surface area contributed by atoms with E-state index in [1.165, 1.54) is 12.8 Å². The molecule has 1 aromatic rings. The summed E-state index contributed by atoms with van der Waals surface area (Å²) in [4.78, 5) is 0. The average Bonchev–Trinajstić information content (AvgIpc) is 3.22. The maximum Gasteiger partial charge on any atom is 0.153 e. The zero-order valence-electron chi connectivity index (χ0n) is 11.6. The summed E-state index contributed by atoms with van der Waals surface area (Å²) in [6.45, 7) is 2.45. The van der Waals surface area contributed by atoms with Crippen molar-refractivity contribution in [3.05, 3.63) is 28.8 Å². The second-order valence-electron chi connectivity index (χ2n) is 4.96. The van der Waals surface area contributed by atoms with Gasteiger partial charge in [-0.1, -0.05) is 24.6 Å². The van der Waals surface area contributed by atoms with Crippen LogP contribution in [0.2, 0.25) is 5.02 Å². The third-order valence-electron chi connectivity index (χ3n) is 3.31. The minimum atomic E-state index is -3.00. The van der Waals surface area contributed by atoms with E-state index in [-0.39, 0.29) is 18.1 Å². The minimum Gasteiger partial charge on any atom is -0.492 e. The number of halogens is 1. The minimum absolute atomic E-state index is 0.0332. The number of sulfone groups is 1. The summed E-state index contributed by atoms with van der Waals surface area (Å²) in [5.74, 6) is 0.838. The number of rotatable bonds is 8. The monoisotopic (exact) mass is 317 g/mol. The third kappa shape index (κ3) is 4.65. The van der Waals surface area contributed by atoms with Crippen molar-refractivity contribution in [2.24, 2.45) is 0 Å². The first kappa shape index (κ1) is 15.6. The lowest BCUT2D eigenvalue weighted by atomic mass is 10.2. The number of nitrogens with one attached hydrogen (secondary N) is 1. The van der Waals surface area contributed by atoms with Gasteiger partial charge in [-0.2, -0.15) is 0 Å². The Morgan fingerprint density at radius 3 is 2.80 bits per heavy atom. The summed E-state index contributed by atoms with van der Waals surface area (Å²) in [7, 11) is -3.00. The summed E-state index contributed by atoms with van der Waals surface area (Å²) in [6.07, 6.45) is 2.41. The zero-order valence-corrected chi connectivity index (χ0v) is 13.1. The van der Waals surface area contributed by atoms with Crippen molar-refractivity contribution >= 4 is 21.4 Å². The van der Waals surface area contributed by atoms with Gasteiger partial charge >= 0.3 is 0 Å². The number of hydrogen-bond acceptors (Lipinski definition) is 4. The molecule has 1 fully saturated rings. The van der Waals surface area contributed by atoms with E-state index in [0.717, 1.165) is 5.56 Å². The molecule has 1 aromatic carbocycles. The Balaban J connectivity index is 1.96. The van der Waals surface area contributed by atoms with E-state index in [1.807, 2.05) is 18.2 Å². The van der Waals surface area contributed by atoms with Gasteiger partial charge < -0.3 is 10.1 Å². The van der Waals surface area contributed by atoms with Crippen LogP contribution in [0, 0.1) is 0 Å². The number of ether oxygens (including phenoxy) is 1. The van der Waals surface area contributed by atoms with Gasteiger partial charge in [0.25, 0.3) is 0 Å². The molecule has 112 valence electrons. The molecule has 1 saturated carbocycles. The van der Waals surface area contributed by atoms with Crippen molar-refractivity contribution in [2.45, 2.75) is 32.4 Å². The molecule has 0 heterocycles. The summed E-state index contributed by atoms with van der Waals surface area (Å²) in [5, 5.41) is 4.04. The average molecular weight is 318 g/mol. The van der Waals surface area contributed by atoms with E-state index in [4.69, 9.17) is 16.3 Å². The second-order valence-corrected chi connectivity index (χ2v) is 7.84. The van der Waals surface area contributed by atoms with E-state index in [0.29, 0.717) is 23.4 Å². The van der Waals surface area contributed by atoms with Crippen LogP contribution in [-0.4, -0.2) is 32.6 Å². The lowest BCUT2D eigenvalue weighted by Crippen LogP contribution is -2.18. The van der Waals surface area contributed by atoms with Gasteiger partial charge in [0.15, 0.2) is 9.84 Å². The van der Waals surface area contributed by atoms with Crippen LogP contribution < -0.4 is 10.1 Å². The van der Waals surface area contributed by atoms with Crippen LogP contribution in [0.15, 0.2) is 18.2 Å². The molecule has 0 saturated heterocycles. The highest BCUT2D eigenvalue weighted by molar-refractivity contribution is 7.91. The van der Waals surface area contributed by atoms with Gasteiger partial charge in [-0.3, -0.25) is 0 Å². The highest BCUT2D eigenvalue weighted by Gasteiger charge is 2.21. The molecule has 0 unspecified atom stereocenters. The van der Waals surface area contributed by atoms with Gasteiger partial charge in [0.1, 0.15) is 12.4 Å². The lowest BCUT2D eigenvalue weighted by Gasteiger charge is -2.13. The Kier molecular flexibility index (Phi) is 5.29. The highest BCUT2D eigenvalue weighted by Crippen LogP contribution is 2.28. The van der Waals surface area contributed by atoms with Crippen molar-refractivity contribution in [3.8, 4) is 5.75 Å². The Labute approximate surface area is 125 Å². The summed E-state index contributed by atoms with van der Waals surface area (Å²) in [6, 6.07) is 6.04. The molecule has 20 heavy (non-hydrogen) atoms. The molecule has 0 amide bonds. The molecule has 0 radical (unpaired) electrons. The SMILES string of the molecule is CCS(=O)(=O)CCOc1cccc(Cl)c1CNC1CC1. The van der Waals surface area contributed by atoms with Gasteiger partial charge in [-0.15, -0.1) is 0 Å². The van der Waals surface area contributed by atoms with E-state index in [2.05, 4.69) is 5.32 Å². The fourth-order valence-electron chi connectivity index (χ4n) is 1.80. The van der Waals surface area contributed by atoms with Crippen LogP contribution in [0.3, 0.4) is 0 Å². The van der Waals surface area contributed by atoms with Crippen LogP contribution in [0.25, 0.3) is 0 Å². The highest BCUT2D eigenvalue weighted by atomic mass is 35.5. The Morgan fingerprint density at radius 1 is 1.40 bits per heavy atom. The maximum absolute atomic E-state index is 11.4. The van der Waals surface area contributed by atoms with Crippen molar-refractivity contribution in [3.63, 3.8) is 0 Å². The molecule has 1 aliphatic rings. The molecule has 0 spiro atoms. The van der Waals surface area contributed by atoms with Crippen molar-refractivity contribution in [2.75, 3.05) is 18.1 Å². The van der Waals surface area contributed by atoms with Crippen LogP contribution >= 0.6 is 11.6 Å². The van der Waals surface area contributed by atoms with Crippen LogP contribution in [0.5, 0.6) is 5.75 Å². The molecule has 0 atom stereocenters. The summed E-state index contributed by atoms with van der Waals surface area (Å²) < 4.78 is 28.5. The second kappa shape index (κ2) is 6.78. The molecule has 6 heteroatoms. The van der Waals surface area contributed by atoms with Crippen molar-refractivity contribution in [1.29, 1.82) is 0 Å². The molecule has 1 aliphatic carbocycles. The molecule has 2 rings (SSSR count). The standard InChI is InChI=1S/C14H20ClNO3S/c1-2-20(17,18)9-8-19-14-5-3-4-13(15)12(14)10-16-11-6-7-11/h3-5,11,16H,2,6-10H2,1H3. The lowest BCUT2D eigenvalue weighted by molar-refractivity contribution is 0.336. The van der Waals surface area contributed by atoms with Crippen LogP contribution in [0.1, 0.15) is 25.3 Å². The predicted molar refractivity (Wildman–Crippen MR) is 81.1 cm³/mol. The first-order chi connectivity index (χ1) is 9.52. The quantitative estimate of drug-likeness (QED) is 0.800. The van der Waals surface area contributed by atoms with Crippen molar-refractivity contribution < 1.29 is 13.2 Å². The van der Waals surface area contributed by atoms with Gasteiger partial charge in [0.2, 0.25) is 0 Å². The molecule has 1 N–H and O–H groups in total. The molecular weight excluding hydrogens is 298 g/mol. The first-order valence-electron chi connectivity index (χ1n) is 6.86. The van der Waals surface area contributed by atoms with Gasteiger partial charge in [-0.25, -0.2) is 8.42 Å². The summed E-state index contributed by atoms with van der Waals surface area (Å²) >= 11 is 6.19. The Bertz CT molecular complexity index is 556. The Morgan fingerprint density at radius 2 is 2.15 bits per heavy atom. The Hall–Kier alpha value is -0.780. The van der Waals surface area contributed by atoms with Crippen LogP contribution in [-0.2, 0) is 16.4 Å². The number of benzene rings is 1. The fraction of sp³-hybridized carbons (Fsp3) is 0.571. The van der Waals surface area contributed by atoms with Gasteiger partial charge in [0, 0.05) is 28.9 Å². The first-order valence-corrected chi connectivity index (χ1v) is 9.06. The zero-order chi connectivity index (χ0) is 14.6.